The summed E-state index contributed by atoms with van der Waals surface area (Å²) >= 11 is 0. The van der Waals surface area contributed by atoms with Crippen LogP contribution in [0.15, 0.2) is 54.6 Å². The molecule has 2 aromatic carbocycles. The number of nitrogens with zero attached hydrogens (tertiary/aromatic N) is 1. The fourth-order valence-electron chi connectivity index (χ4n) is 3.11. The molecule has 0 saturated carbocycles. The maximum atomic E-state index is 12.6. The van der Waals surface area contributed by atoms with Gasteiger partial charge in [-0.25, -0.2) is 0 Å². The first-order chi connectivity index (χ1) is 13.0. The van der Waals surface area contributed by atoms with E-state index in [4.69, 9.17) is 9.47 Å². The van der Waals surface area contributed by atoms with Gasteiger partial charge in [-0.15, -0.1) is 0 Å². The molecule has 142 valence electrons. The Labute approximate surface area is 159 Å². The molecule has 6 nitrogen and oxygen atoms in total. The number of ether oxygens (including phenoxy) is 2. The van der Waals surface area contributed by atoms with Crippen LogP contribution in [0.2, 0.25) is 0 Å². The van der Waals surface area contributed by atoms with E-state index in [-0.39, 0.29) is 30.6 Å². The fourth-order valence-corrected chi connectivity index (χ4v) is 3.11. The second kappa shape index (κ2) is 8.68. The normalized spacial score (nSPS) is 19.4. The van der Waals surface area contributed by atoms with Crippen molar-refractivity contribution in [1.29, 1.82) is 0 Å². The van der Waals surface area contributed by atoms with E-state index < -0.39 is 0 Å². The van der Waals surface area contributed by atoms with Crippen LogP contribution in [0, 0.1) is 0 Å². The summed E-state index contributed by atoms with van der Waals surface area (Å²) in [5, 5.41) is 2.83. The van der Waals surface area contributed by atoms with Gasteiger partial charge in [0.1, 0.15) is 5.75 Å². The van der Waals surface area contributed by atoms with Crippen molar-refractivity contribution < 1.29 is 19.1 Å². The lowest BCUT2D eigenvalue weighted by atomic mass is 10.2. The highest BCUT2D eigenvalue weighted by Gasteiger charge is 2.26. The summed E-state index contributed by atoms with van der Waals surface area (Å²) < 4.78 is 11.3. The van der Waals surface area contributed by atoms with Gasteiger partial charge < -0.3 is 19.7 Å². The minimum absolute atomic E-state index is 0.00152. The number of rotatable bonds is 5. The Kier molecular flexibility index (Phi) is 6.08. The molecular formula is C21H24N2O4. The first-order valence-corrected chi connectivity index (χ1v) is 9.04. The smallest absolute Gasteiger partial charge is 0.260 e. The van der Waals surface area contributed by atoms with E-state index in [1.165, 1.54) is 0 Å². The maximum Gasteiger partial charge on any atom is 0.260 e. The van der Waals surface area contributed by atoms with Gasteiger partial charge in [0.25, 0.3) is 11.8 Å². The van der Waals surface area contributed by atoms with Crippen LogP contribution in [0.1, 0.15) is 24.2 Å². The molecule has 3 rings (SSSR count). The number of hydrogen-bond donors (Lipinski definition) is 1. The summed E-state index contributed by atoms with van der Waals surface area (Å²) in [5.74, 6) is -0.0122. The monoisotopic (exact) mass is 368 g/mol. The van der Waals surface area contributed by atoms with E-state index in [2.05, 4.69) is 5.32 Å². The van der Waals surface area contributed by atoms with Gasteiger partial charge in [-0.1, -0.05) is 30.3 Å². The van der Waals surface area contributed by atoms with Crippen molar-refractivity contribution in [3.05, 3.63) is 60.2 Å². The second-order valence-corrected chi connectivity index (χ2v) is 6.66. The fraction of sp³-hybridized carbons (Fsp3) is 0.333. The van der Waals surface area contributed by atoms with Crippen LogP contribution in [0.4, 0.5) is 5.69 Å². The van der Waals surface area contributed by atoms with Crippen molar-refractivity contribution in [2.45, 2.75) is 26.1 Å². The molecule has 6 heteroatoms. The number of benzene rings is 2. The lowest BCUT2D eigenvalue weighted by molar-refractivity contribution is -0.145. The zero-order valence-corrected chi connectivity index (χ0v) is 15.6. The average molecular weight is 368 g/mol. The third-order valence-corrected chi connectivity index (χ3v) is 4.29. The van der Waals surface area contributed by atoms with Crippen molar-refractivity contribution in [3.63, 3.8) is 0 Å². The summed E-state index contributed by atoms with van der Waals surface area (Å²) in [5.41, 5.74) is 1.09. The summed E-state index contributed by atoms with van der Waals surface area (Å²) in [6, 6.07) is 16.1. The zero-order valence-electron chi connectivity index (χ0n) is 15.6. The summed E-state index contributed by atoms with van der Waals surface area (Å²) in [7, 11) is 0. The Morgan fingerprint density at radius 3 is 2.37 bits per heavy atom. The minimum Gasteiger partial charge on any atom is -0.483 e. The van der Waals surface area contributed by atoms with Crippen LogP contribution in [0.3, 0.4) is 0 Å². The predicted molar refractivity (Wildman–Crippen MR) is 103 cm³/mol. The molecule has 1 aliphatic heterocycles. The van der Waals surface area contributed by atoms with Crippen molar-refractivity contribution >= 4 is 17.5 Å². The molecule has 0 aliphatic carbocycles. The Balaban J connectivity index is 1.64. The molecule has 0 aromatic heterocycles. The Hall–Kier alpha value is -2.86. The van der Waals surface area contributed by atoms with Crippen LogP contribution in [0.25, 0.3) is 0 Å². The zero-order chi connectivity index (χ0) is 19.2. The SMILES string of the molecule is C[C@@H]1CN(C(=O)COc2ccccc2C(=O)Nc2ccccc2)C[C@H](C)O1. The Bertz CT molecular complexity index is 784. The van der Waals surface area contributed by atoms with Crippen molar-refractivity contribution in [3.8, 4) is 5.75 Å². The van der Waals surface area contributed by atoms with Gasteiger partial charge in [0, 0.05) is 18.8 Å². The first kappa shape index (κ1) is 18.9. The number of morpholine rings is 1. The van der Waals surface area contributed by atoms with Gasteiger partial charge in [-0.05, 0) is 38.1 Å². The average Bonchev–Trinajstić information content (AvgIpc) is 2.66. The number of carbonyl (C=O) groups is 2. The molecule has 0 radical (unpaired) electrons. The van der Waals surface area contributed by atoms with Crippen molar-refractivity contribution in [1.82, 2.24) is 4.90 Å². The molecule has 2 atom stereocenters. The molecule has 1 aliphatic rings. The van der Waals surface area contributed by atoms with E-state index in [0.717, 1.165) is 0 Å². The molecule has 1 N–H and O–H groups in total. The van der Waals surface area contributed by atoms with Crippen LogP contribution in [-0.2, 0) is 9.53 Å². The number of para-hydroxylation sites is 2. The molecule has 0 unspecified atom stereocenters. The molecule has 1 saturated heterocycles. The Morgan fingerprint density at radius 1 is 1.04 bits per heavy atom. The molecule has 2 aromatic rings. The third-order valence-electron chi connectivity index (χ3n) is 4.29. The number of amides is 2. The quantitative estimate of drug-likeness (QED) is 0.881. The number of anilines is 1. The van der Waals surface area contributed by atoms with E-state index >= 15 is 0 Å². The van der Waals surface area contributed by atoms with Crippen LogP contribution in [0.5, 0.6) is 5.75 Å². The lowest BCUT2D eigenvalue weighted by Gasteiger charge is -2.35. The van der Waals surface area contributed by atoms with Gasteiger partial charge in [0.15, 0.2) is 6.61 Å². The number of nitrogens with one attached hydrogen (secondary N) is 1. The summed E-state index contributed by atoms with van der Waals surface area (Å²) in [6.45, 7) is 4.86. The van der Waals surface area contributed by atoms with Gasteiger partial charge in [0.05, 0.1) is 17.8 Å². The first-order valence-electron chi connectivity index (χ1n) is 9.04. The topological polar surface area (TPSA) is 67.9 Å². The number of carbonyl (C=O) groups excluding carboxylic acids is 2. The highest BCUT2D eigenvalue weighted by atomic mass is 16.5. The van der Waals surface area contributed by atoms with E-state index in [1.807, 2.05) is 44.2 Å². The van der Waals surface area contributed by atoms with Gasteiger partial charge in [-0.2, -0.15) is 0 Å². The minimum atomic E-state index is -0.280. The number of hydrogen-bond acceptors (Lipinski definition) is 4. The van der Waals surface area contributed by atoms with Crippen molar-refractivity contribution in [2.24, 2.45) is 0 Å². The molecule has 0 bridgehead atoms. The van der Waals surface area contributed by atoms with E-state index in [0.29, 0.717) is 30.1 Å². The van der Waals surface area contributed by atoms with Crippen LogP contribution in [-0.4, -0.2) is 48.6 Å². The largest absolute Gasteiger partial charge is 0.483 e. The lowest BCUT2D eigenvalue weighted by Crippen LogP contribution is -2.49. The summed E-state index contributed by atoms with van der Waals surface area (Å²) in [6.07, 6.45) is 0.00303. The Morgan fingerprint density at radius 2 is 1.67 bits per heavy atom. The third kappa shape index (κ3) is 5.08. The van der Waals surface area contributed by atoms with Crippen LogP contribution >= 0.6 is 0 Å². The highest BCUT2D eigenvalue weighted by Crippen LogP contribution is 2.20. The van der Waals surface area contributed by atoms with Gasteiger partial charge >= 0.3 is 0 Å². The standard InChI is InChI=1S/C21H24N2O4/c1-15-12-23(13-16(2)27-15)20(24)14-26-19-11-7-6-10-18(19)21(25)22-17-8-4-3-5-9-17/h3-11,15-16H,12-14H2,1-2H3,(H,22,25)/t15-,16+. The van der Waals surface area contributed by atoms with Gasteiger partial charge in [-0.3, -0.25) is 9.59 Å². The maximum absolute atomic E-state index is 12.6. The van der Waals surface area contributed by atoms with Crippen molar-refractivity contribution in [2.75, 3.05) is 25.0 Å². The van der Waals surface area contributed by atoms with Gasteiger partial charge in [0.2, 0.25) is 0 Å². The second-order valence-electron chi connectivity index (χ2n) is 6.66. The van der Waals surface area contributed by atoms with E-state index in [9.17, 15) is 9.59 Å². The molecule has 2 amide bonds. The molecule has 0 spiro atoms. The predicted octanol–water partition coefficient (Wildman–Crippen LogP) is 2.95. The van der Waals surface area contributed by atoms with E-state index in [1.54, 1.807) is 29.2 Å². The summed E-state index contributed by atoms with van der Waals surface area (Å²) in [4.78, 5) is 26.8. The highest BCUT2D eigenvalue weighted by molar-refractivity contribution is 6.06. The molecule has 27 heavy (non-hydrogen) atoms. The molecule has 1 fully saturated rings. The van der Waals surface area contributed by atoms with Crippen LogP contribution < -0.4 is 10.1 Å². The molecular weight excluding hydrogens is 344 g/mol. The molecule has 1 heterocycles.